The number of carbonyl (C=O) groups is 1. The number of esters is 1. The highest BCUT2D eigenvalue weighted by Crippen LogP contribution is 2.24. The van der Waals surface area contributed by atoms with E-state index in [4.69, 9.17) is 9.47 Å². The molecule has 26 heavy (non-hydrogen) atoms. The van der Waals surface area contributed by atoms with E-state index in [-0.39, 0.29) is 5.69 Å². The number of fused-ring (bicyclic) bond motifs is 1. The zero-order valence-electron chi connectivity index (χ0n) is 14.3. The van der Waals surface area contributed by atoms with Gasteiger partial charge in [-0.1, -0.05) is 6.92 Å². The second-order valence-corrected chi connectivity index (χ2v) is 5.60. The van der Waals surface area contributed by atoms with Gasteiger partial charge in [0.1, 0.15) is 11.4 Å². The van der Waals surface area contributed by atoms with Crippen LogP contribution in [-0.2, 0) is 9.53 Å². The molecule has 1 atom stereocenters. The first-order valence-corrected chi connectivity index (χ1v) is 8.00. The number of ether oxygens (including phenoxy) is 2. The quantitative estimate of drug-likeness (QED) is 0.383. The molecule has 0 amide bonds. The fourth-order valence-electron chi connectivity index (χ4n) is 2.53. The van der Waals surface area contributed by atoms with Gasteiger partial charge in [-0.05, 0) is 36.8 Å². The summed E-state index contributed by atoms with van der Waals surface area (Å²) in [5.74, 6) is 0.129. The fraction of sp³-hybridized carbons (Fsp3) is 0.222. The number of rotatable bonds is 6. The Morgan fingerprint density at radius 2 is 1.96 bits per heavy atom. The maximum absolute atomic E-state index is 11.6. The number of benzene rings is 1. The van der Waals surface area contributed by atoms with Gasteiger partial charge in [-0.25, -0.2) is 9.78 Å². The van der Waals surface area contributed by atoms with Crippen LogP contribution < -0.4 is 4.74 Å². The molecule has 2 aromatic heterocycles. The maximum atomic E-state index is 11.6. The molecule has 3 rings (SSSR count). The van der Waals surface area contributed by atoms with E-state index in [9.17, 15) is 14.9 Å². The Hall–Kier alpha value is -3.42. The lowest BCUT2D eigenvalue weighted by Crippen LogP contribution is -2.27. The summed E-state index contributed by atoms with van der Waals surface area (Å²) in [4.78, 5) is 26.5. The van der Waals surface area contributed by atoms with Crippen LogP contribution in [0.15, 0.2) is 48.8 Å². The van der Waals surface area contributed by atoms with Crippen LogP contribution in [0.5, 0.6) is 5.75 Å². The van der Waals surface area contributed by atoms with E-state index in [1.165, 1.54) is 19.4 Å². The molecule has 8 heteroatoms. The molecule has 2 heterocycles. The molecule has 0 aliphatic heterocycles. The number of hydrogen-bond donors (Lipinski definition) is 0. The average Bonchev–Trinajstić information content (AvgIpc) is 3.09. The van der Waals surface area contributed by atoms with Crippen LogP contribution in [0.4, 0.5) is 5.69 Å². The summed E-state index contributed by atoms with van der Waals surface area (Å²) in [6, 6.07) is 10.1. The number of aromatic nitrogens is 2. The van der Waals surface area contributed by atoms with Crippen LogP contribution in [0.3, 0.4) is 0 Å². The number of hydrogen-bond acceptors (Lipinski definition) is 6. The molecule has 1 unspecified atom stereocenters. The van der Waals surface area contributed by atoms with Gasteiger partial charge in [0, 0.05) is 17.8 Å². The van der Waals surface area contributed by atoms with Gasteiger partial charge in [0.25, 0.3) is 5.69 Å². The molecule has 134 valence electrons. The SMILES string of the molecule is CCC(Oc1ccc(-c2cn3cc([N+](=O)[O-])ccc3n2)cc1)C(=O)OC. The van der Waals surface area contributed by atoms with Gasteiger partial charge in [-0.2, -0.15) is 0 Å². The largest absolute Gasteiger partial charge is 0.479 e. The normalized spacial score (nSPS) is 11.9. The van der Waals surface area contributed by atoms with E-state index in [0.717, 1.165) is 5.56 Å². The molecule has 0 bridgehead atoms. The lowest BCUT2D eigenvalue weighted by molar-refractivity contribution is -0.385. The van der Waals surface area contributed by atoms with Crippen LogP contribution in [-0.4, -0.2) is 33.5 Å². The number of carbonyl (C=O) groups excluding carboxylic acids is 1. The summed E-state index contributed by atoms with van der Waals surface area (Å²) in [7, 11) is 1.32. The lowest BCUT2D eigenvalue weighted by atomic mass is 10.1. The molecule has 3 aromatic rings. The van der Waals surface area contributed by atoms with Gasteiger partial charge in [-0.3, -0.25) is 14.5 Å². The van der Waals surface area contributed by atoms with Gasteiger partial charge >= 0.3 is 5.97 Å². The first-order valence-electron chi connectivity index (χ1n) is 8.00. The smallest absolute Gasteiger partial charge is 0.347 e. The van der Waals surface area contributed by atoms with Crippen LogP contribution in [0.1, 0.15) is 13.3 Å². The Bertz CT molecular complexity index is 949. The second kappa shape index (κ2) is 7.22. The zero-order chi connectivity index (χ0) is 18.7. The Balaban J connectivity index is 1.83. The van der Waals surface area contributed by atoms with Crippen molar-refractivity contribution >= 4 is 17.3 Å². The molecule has 0 aliphatic carbocycles. The molecule has 0 aliphatic rings. The molecule has 0 radical (unpaired) electrons. The van der Waals surface area contributed by atoms with E-state index in [0.29, 0.717) is 23.5 Å². The molecule has 0 saturated heterocycles. The molecule has 0 fully saturated rings. The van der Waals surface area contributed by atoms with Crippen molar-refractivity contribution in [3.8, 4) is 17.0 Å². The summed E-state index contributed by atoms with van der Waals surface area (Å²) in [6.45, 7) is 1.84. The first-order chi connectivity index (χ1) is 12.5. The summed E-state index contributed by atoms with van der Waals surface area (Å²) >= 11 is 0. The Morgan fingerprint density at radius 3 is 2.58 bits per heavy atom. The van der Waals surface area contributed by atoms with Gasteiger partial charge in [0.2, 0.25) is 0 Å². The Labute approximate surface area is 149 Å². The van der Waals surface area contributed by atoms with Crippen molar-refractivity contribution in [3.05, 3.63) is 58.9 Å². The lowest BCUT2D eigenvalue weighted by Gasteiger charge is -2.15. The van der Waals surface area contributed by atoms with E-state index in [2.05, 4.69) is 4.98 Å². The van der Waals surface area contributed by atoms with Crippen LogP contribution in [0.2, 0.25) is 0 Å². The number of nitro groups is 1. The summed E-state index contributed by atoms with van der Waals surface area (Å²) in [6.07, 6.45) is 2.99. The minimum Gasteiger partial charge on any atom is -0.479 e. The van der Waals surface area contributed by atoms with Crippen molar-refractivity contribution < 1.29 is 19.2 Å². The van der Waals surface area contributed by atoms with Crippen molar-refractivity contribution in [2.45, 2.75) is 19.4 Å². The van der Waals surface area contributed by atoms with E-state index in [1.807, 2.05) is 19.1 Å². The monoisotopic (exact) mass is 355 g/mol. The van der Waals surface area contributed by atoms with Gasteiger partial charge in [-0.15, -0.1) is 0 Å². The third kappa shape index (κ3) is 3.49. The third-order valence-electron chi connectivity index (χ3n) is 3.91. The van der Waals surface area contributed by atoms with Crippen molar-refractivity contribution in [2.24, 2.45) is 0 Å². The highest BCUT2D eigenvalue weighted by molar-refractivity contribution is 5.75. The van der Waals surface area contributed by atoms with Crippen LogP contribution in [0, 0.1) is 10.1 Å². The fourth-order valence-corrected chi connectivity index (χ4v) is 2.53. The summed E-state index contributed by atoms with van der Waals surface area (Å²) in [5, 5.41) is 10.9. The number of methoxy groups -OCH3 is 1. The standard InChI is InChI=1S/C18H17N3O5/c1-3-16(18(22)25-2)26-14-7-4-12(5-8-14)15-11-20-10-13(21(23)24)6-9-17(20)19-15/h4-11,16H,3H2,1-2H3. The molecule has 1 aromatic carbocycles. The van der Waals surface area contributed by atoms with Crippen molar-refractivity contribution in [1.82, 2.24) is 9.38 Å². The number of imidazole rings is 1. The van der Waals surface area contributed by atoms with E-state index < -0.39 is 17.0 Å². The number of pyridine rings is 1. The average molecular weight is 355 g/mol. The second-order valence-electron chi connectivity index (χ2n) is 5.60. The molecular weight excluding hydrogens is 338 g/mol. The zero-order valence-corrected chi connectivity index (χ0v) is 14.3. The minimum atomic E-state index is -0.651. The van der Waals surface area contributed by atoms with Crippen LogP contribution in [0.25, 0.3) is 16.9 Å². The predicted octanol–water partition coefficient (Wildman–Crippen LogP) is 3.24. The van der Waals surface area contributed by atoms with E-state index >= 15 is 0 Å². The molecule has 8 nitrogen and oxygen atoms in total. The summed E-state index contributed by atoms with van der Waals surface area (Å²) < 4.78 is 12.0. The van der Waals surface area contributed by atoms with Gasteiger partial charge in [0.15, 0.2) is 6.10 Å². The van der Waals surface area contributed by atoms with E-state index in [1.54, 1.807) is 28.8 Å². The van der Waals surface area contributed by atoms with Gasteiger partial charge in [0.05, 0.1) is 23.9 Å². The topological polar surface area (TPSA) is 96.0 Å². The van der Waals surface area contributed by atoms with Crippen molar-refractivity contribution in [3.63, 3.8) is 0 Å². The minimum absolute atomic E-state index is 0.00128. The molecule has 0 saturated carbocycles. The van der Waals surface area contributed by atoms with Crippen molar-refractivity contribution in [1.29, 1.82) is 0 Å². The van der Waals surface area contributed by atoms with Gasteiger partial charge < -0.3 is 9.47 Å². The molecule has 0 spiro atoms. The Kier molecular flexibility index (Phi) is 4.83. The highest BCUT2D eigenvalue weighted by Gasteiger charge is 2.18. The third-order valence-corrected chi connectivity index (χ3v) is 3.91. The summed E-state index contributed by atoms with van der Waals surface area (Å²) in [5.41, 5.74) is 2.12. The predicted molar refractivity (Wildman–Crippen MR) is 94.0 cm³/mol. The molecular formula is C18H17N3O5. The first kappa shape index (κ1) is 17.4. The van der Waals surface area contributed by atoms with Crippen molar-refractivity contribution in [2.75, 3.05) is 7.11 Å². The Morgan fingerprint density at radius 1 is 1.23 bits per heavy atom. The van der Waals surface area contributed by atoms with Crippen LogP contribution >= 0.6 is 0 Å². The molecule has 0 N–H and O–H groups in total. The maximum Gasteiger partial charge on any atom is 0.347 e. The number of nitrogens with zero attached hydrogens (tertiary/aromatic N) is 3. The highest BCUT2D eigenvalue weighted by atomic mass is 16.6.